The Hall–Kier alpha value is -2.89. The molecule has 1 saturated heterocycles. The van der Waals surface area contributed by atoms with Crippen LogP contribution in [0.2, 0.25) is 0 Å². The van der Waals surface area contributed by atoms with Crippen LogP contribution in [-0.4, -0.2) is 23.9 Å². The van der Waals surface area contributed by atoms with Crippen LogP contribution in [0.25, 0.3) is 0 Å². The van der Waals surface area contributed by atoms with Crippen molar-refractivity contribution < 1.29 is 9.72 Å². The molecule has 0 spiro atoms. The quantitative estimate of drug-likeness (QED) is 0.605. The summed E-state index contributed by atoms with van der Waals surface area (Å²) in [4.78, 5) is 25.7. The van der Waals surface area contributed by atoms with Crippen LogP contribution in [0.15, 0.2) is 42.5 Å². The Morgan fingerprint density at radius 3 is 2.43 bits per heavy atom. The molecule has 1 aliphatic rings. The summed E-state index contributed by atoms with van der Waals surface area (Å²) in [5.74, 6) is 0.491. The predicted molar refractivity (Wildman–Crippen MR) is 111 cm³/mol. The van der Waals surface area contributed by atoms with E-state index in [0.29, 0.717) is 11.1 Å². The molecule has 0 aliphatic carbocycles. The first-order valence-electron chi connectivity index (χ1n) is 9.76. The summed E-state index contributed by atoms with van der Waals surface area (Å²) in [6.45, 7) is 7.99. The number of carbonyl (C=O) groups excluding carboxylic acids is 1. The zero-order valence-electron chi connectivity index (χ0n) is 16.6. The lowest BCUT2D eigenvalue weighted by Gasteiger charge is -2.32. The highest BCUT2D eigenvalue weighted by Crippen LogP contribution is 2.25. The number of rotatable bonds is 5. The highest BCUT2D eigenvalue weighted by Gasteiger charge is 2.20. The number of anilines is 1. The molecule has 3 rings (SSSR count). The topological polar surface area (TPSA) is 75.5 Å². The minimum absolute atomic E-state index is 0.0412. The number of amides is 1. The van der Waals surface area contributed by atoms with Crippen molar-refractivity contribution in [2.45, 2.75) is 39.7 Å². The molecule has 1 heterocycles. The number of benzene rings is 2. The van der Waals surface area contributed by atoms with E-state index in [1.807, 2.05) is 19.1 Å². The van der Waals surface area contributed by atoms with Crippen LogP contribution < -0.4 is 10.2 Å². The van der Waals surface area contributed by atoms with Crippen LogP contribution in [0.1, 0.15) is 54.2 Å². The van der Waals surface area contributed by atoms with Crippen molar-refractivity contribution >= 4 is 17.3 Å². The summed E-state index contributed by atoms with van der Waals surface area (Å²) >= 11 is 0. The molecule has 148 valence electrons. The van der Waals surface area contributed by atoms with Crippen molar-refractivity contribution in [2.75, 3.05) is 18.0 Å². The van der Waals surface area contributed by atoms with Gasteiger partial charge in [0.2, 0.25) is 0 Å². The van der Waals surface area contributed by atoms with E-state index in [9.17, 15) is 14.9 Å². The second-order valence-electron chi connectivity index (χ2n) is 7.66. The lowest BCUT2D eigenvalue weighted by atomic mass is 9.98. The van der Waals surface area contributed by atoms with Gasteiger partial charge in [0.15, 0.2) is 0 Å². The van der Waals surface area contributed by atoms with Crippen LogP contribution in [0.4, 0.5) is 11.4 Å². The van der Waals surface area contributed by atoms with Crippen molar-refractivity contribution in [1.29, 1.82) is 0 Å². The number of hydrogen-bond acceptors (Lipinski definition) is 4. The van der Waals surface area contributed by atoms with Crippen LogP contribution in [0.3, 0.4) is 0 Å². The van der Waals surface area contributed by atoms with Gasteiger partial charge in [-0.3, -0.25) is 14.9 Å². The summed E-state index contributed by atoms with van der Waals surface area (Å²) in [6.07, 6.45) is 2.44. The van der Waals surface area contributed by atoms with Crippen molar-refractivity contribution in [3.8, 4) is 0 Å². The number of carbonyl (C=O) groups is 1. The summed E-state index contributed by atoms with van der Waals surface area (Å²) in [5.41, 5.74) is 2.89. The van der Waals surface area contributed by atoms with Crippen molar-refractivity contribution in [3.05, 3.63) is 69.3 Å². The predicted octanol–water partition coefficient (Wildman–Crippen LogP) is 4.63. The number of nitrogens with one attached hydrogen (secondary N) is 1. The van der Waals surface area contributed by atoms with Crippen LogP contribution in [-0.2, 0) is 0 Å². The third-order valence-corrected chi connectivity index (χ3v) is 5.64. The van der Waals surface area contributed by atoms with Gasteiger partial charge in [0.1, 0.15) is 0 Å². The van der Waals surface area contributed by atoms with Crippen LogP contribution in [0.5, 0.6) is 0 Å². The second kappa shape index (κ2) is 8.42. The zero-order chi connectivity index (χ0) is 20.3. The van der Waals surface area contributed by atoms with Gasteiger partial charge < -0.3 is 10.2 Å². The highest BCUT2D eigenvalue weighted by molar-refractivity contribution is 5.96. The van der Waals surface area contributed by atoms with Gasteiger partial charge >= 0.3 is 0 Å². The fourth-order valence-corrected chi connectivity index (χ4v) is 3.67. The van der Waals surface area contributed by atoms with E-state index < -0.39 is 4.92 Å². The standard InChI is InChI=1S/C22H27N3O3/c1-15-11-13-24(14-12-15)19-9-7-18(8-10-19)17(3)23-22(26)20-5-4-6-21(16(20)2)25(27)28/h4-10,15,17H,11-14H2,1-3H3,(H,23,26). The molecule has 1 amide bonds. The Morgan fingerprint density at radius 1 is 1.18 bits per heavy atom. The van der Waals surface area contributed by atoms with Gasteiger partial charge in [0.05, 0.1) is 11.0 Å². The Bertz CT molecular complexity index is 856. The summed E-state index contributed by atoms with van der Waals surface area (Å²) < 4.78 is 0. The van der Waals surface area contributed by atoms with Gasteiger partial charge in [0.25, 0.3) is 11.6 Å². The molecule has 1 N–H and O–H groups in total. The summed E-state index contributed by atoms with van der Waals surface area (Å²) in [7, 11) is 0. The summed E-state index contributed by atoms with van der Waals surface area (Å²) in [6, 6.07) is 12.7. The molecule has 1 aliphatic heterocycles. The fourth-order valence-electron chi connectivity index (χ4n) is 3.67. The van der Waals surface area contributed by atoms with Crippen molar-refractivity contribution in [1.82, 2.24) is 5.32 Å². The van der Waals surface area contributed by atoms with Crippen molar-refractivity contribution in [2.24, 2.45) is 5.92 Å². The normalized spacial score (nSPS) is 15.9. The Kier molecular flexibility index (Phi) is 5.97. The highest BCUT2D eigenvalue weighted by atomic mass is 16.6. The number of piperidine rings is 1. The molecule has 1 fully saturated rings. The minimum atomic E-state index is -0.463. The fraction of sp³-hybridized carbons (Fsp3) is 0.409. The molecule has 0 aromatic heterocycles. The van der Waals surface area contributed by atoms with E-state index in [0.717, 1.165) is 24.6 Å². The molecule has 28 heavy (non-hydrogen) atoms. The van der Waals surface area contributed by atoms with Gasteiger partial charge in [-0.25, -0.2) is 0 Å². The van der Waals surface area contributed by atoms with E-state index in [4.69, 9.17) is 0 Å². The molecular formula is C22H27N3O3. The first-order valence-corrected chi connectivity index (χ1v) is 9.76. The maximum absolute atomic E-state index is 12.6. The number of hydrogen-bond donors (Lipinski definition) is 1. The van der Waals surface area contributed by atoms with Gasteiger partial charge in [-0.05, 0) is 56.4 Å². The third kappa shape index (κ3) is 4.32. The zero-order valence-corrected chi connectivity index (χ0v) is 16.6. The third-order valence-electron chi connectivity index (χ3n) is 5.64. The molecule has 6 heteroatoms. The van der Waals surface area contributed by atoms with E-state index in [-0.39, 0.29) is 17.6 Å². The monoisotopic (exact) mass is 381 g/mol. The van der Waals surface area contributed by atoms with Crippen LogP contribution >= 0.6 is 0 Å². The molecule has 6 nitrogen and oxygen atoms in total. The molecular weight excluding hydrogens is 354 g/mol. The number of nitro groups is 1. The maximum atomic E-state index is 12.6. The Morgan fingerprint density at radius 2 is 1.82 bits per heavy atom. The van der Waals surface area contributed by atoms with E-state index in [1.54, 1.807) is 19.1 Å². The molecule has 1 unspecified atom stereocenters. The molecule has 2 aromatic carbocycles. The van der Waals surface area contributed by atoms with Gasteiger partial charge in [-0.2, -0.15) is 0 Å². The minimum Gasteiger partial charge on any atom is -0.372 e. The molecule has 0 radical (unpaired) electrons. The Labute approximate surface area is 165 Å². The first kappa shape index (κ1) is 19.9. The second-order valence-corrected chi connectivity index (χ2v) is 7.66. The van der Waals surface area contributed by atoms with Gasteiger partial charge in [0, 0.05) is 36.0 Å². The number of nitro benzene ring substituents is 1. The van der Waals surface area contributed by atoms with E-state index in [1.165, 1.54) is 24.6 Å². The first-order chi connectivity index (χ1) is 13.4. The van der Waals surface area contributed by atoms with Gasteiger partial charge in [-0.15, -0.1) is 0 Å². The SMILES string of the molecule is Cc1c(C(=O)NC(C)c2ccc(N3CCC(C)CC3)cc2)cccc1[N+](=O)[O-]. The average molecular weight is 381 g/mol. The molecule has 2 aromatic rings. The van der Waals surface area contributed by atoms with E-state index in [2.05, 4.69) is 29.3 Å². The molecule has 0 bridgehead atoms. The molecule has 0 saturated carbocycles. The van der Waals surface area contributed by atoms with Crippen molar-refractivity contribution in [3.63, 3.8) is 0 Å². The smallest absolute Gasteiger partial charge is 0.273 e. The lowest BCUT2D eigenvalue weighted by molar-refractivity contribution is -0.385. The maximum Gasteiger partial charge on any atom is 0.273 e. The Balaban J connectivity index is 1.68. The van der Waals surface area contributed by atoms with E-state index >= 15 is 0 Å². The largest absolute Gasteiger partial charge is 0.372 e. The van der Waals surface area contributed by atoms with Gasteiger partial charge in [-0.1, -0.05) is 25.1 Å². The average Bonchev–Trinajstić information content (AvgIpc) is 2.68. The van der Waals surface area contributed by atoms with Crippen LogP contribution in [0, 0.1) is 23.0 Å². The lowest BCUT2D eigenvalue weighted by Crippen LogP contribution is -2.32. The molecule has 1 atom stereocenters. The number of nitrogens with zero attached hydrogens (tertiary/aromatic N) is 2. The summed E-state index contributed by atoms with van der Waals surface area (Å²) in [5, 5.41) is 14.0.